The number of nitrogens with zero attached hydrogens (tertiary/aromatic N) is 1. The van der Waals surface area contributed by atoms with Gasteiger partial charge in [-0.1, -0.05) is 37.3 Å². The lowest BCUT2D eigenvalue weighted by molar-refractivity contribution is -0.124. The van der Waals surface area contributed by atoms with Gasteiger partial charge in [0.05, 0.1) is 5.56 Å². The third kappa shape index (κ3) is 5.52. The van der Waals surface area contributed by atoms with E-state index in [4.69, 9.17) is 0 Å². The van der Waals surface area contributed by atoms with Crippen LogP contribution in [0.4, 0.5) is 4.39 Å². The van der Waals surface area contributed by atoms with Crippen LogP contribution in [0, 0.1) is 18.7 Å². The Morgan fingerprint density at radius 3 is 2.28 bits per heavy atom. The summed E-state index contributed by atoms with van der Waals surface area (Å²) in [7, 11) is 0. The van der Waals surface area contributed by atoms with Gasteiger partial charge in [-0.05, 0) is 55.9 Å². The quantitative estimate of drug-likeness (QED) is 0.695. The highest BCUT2D eigenvalue weighted by Crippen LogP contribution is 2.24. The van der Waals surface area contributed by atoms with Gasteiger partial charge in [-0.2, -0.15) is 0 Å². The third-order valence-corrected chi connectivity index (χ3v) is 5.91. The molecule has 0 radical (unpaired) electrons. The zero-order valence-corrected chi connectivity index (χ0v) is 18.6. The number of aryl methyl sites for hydroxylation is 1. The summed E-state index contributed by atoms with van der Waals surface area (Å²) >= 11 is 0. The highest BCUT2D eigenvalue weighted by Gasteiger charge is 2.34. The highest BCUT2D eigenvalue weighted by molar-refractivity contribution is 5.98. The molecule has 1 fully saturated rings. The Balaban J connectivity index is 1.70. The summed E-state index contributed by atoms with van der Waals surface area (Å²) in [6, 6.07) is 12.5. The molecule has 2 N–H and O–H groups in total. The summed E-state index contributed by atoms with van der Waals surface area (Å²) < 4.78 is 14.0. The minimum Gasteiger partial charge on any atom is -0.354 e. The van der Waals surface area contributed by atoms with Crippen LogP contribution in [0.15, 0.2) is 48.5 Å². The van der Waals surface area contributed by atoms with Crippen molar-refractivity contribution in [3.63, 3.8) is 0 Å². The first-order valence-corrected chi connectivity index (χ1v) is 11.1. The van der Waals surface area contributed by atoms with Gasteiger partial charge in [0.1, 0.15) is 11.9 Å². The molecular formula is C25H30FN3O3. The predicted octanol–water partition coefficient (Wildman–Crippen LogP) is 3.31. The first-order valence-electron chi connectivity index (χ1n) is 11.1. The summed E-state index contributed by atoms with van der Waals surface area (Å²) in [4.78, 5) is 40.1. The fourth-order valence-corrected chi connectivity index (χ4v) is 4.04. The number of benzene rings is 2. The number of carbonyl (C=O) groups excluding carboxylic acids is 3. The van der Waals surface area contributed by atoms with Gasteiger partial charge in [-0.3, -0.25) is 14.4 Å². The molecule has 0 spiro atoms. The monoisotopic (exact) mass is 439 g/mol. The van der Waals surface area contributed by atoms with Crippen LogP contribution in [-0.2, 0) is 4.79 Å². The van der Waals surface area contributed by atoms with Crippen LogP contribution in [-0.4, -0.2) is 48.3 Å². The van der Waals surface area contributed by atoms with Crippen LogP contribution in [0.1, 0.15) is 52.5 Å². The van der Waals surface area contributed by atoms with E-state index in [1.54, 1.807) is 29.2 Å². The van der Waals surface area contributed by atoms with Gasteiger partial charge in [0, 0.05) is 25.2 Å². The molecule has 32 heavy (non-hydrogen) atoms. The Kier molecular flexibility index (Phi) is 7.98. The lowest BCUT2D eigenvalue weighted by atomic mass is 9.88. The van der Waals surface area contributed by atoms with E-state index in [1.165, 1.54) is 12.1 Å². The number of amides is 3. The SMILES string of the molecule is CCCNC(=O)[C@H](NC(=O)c1ccccc1C)C1CCN(C(=O)c2ccccc2F)CC1. The second kappa shape index (κ2) is 10.9. The second-order valence-corrected chi connectivity index (χ2v) is 8.17. The van der Waals surface area contributed by atoms with Gasteiger partial charge in [0.2, 0.25) is 5.91 Å². The van der Waals surface area contributed by atoms with Gasteiger partial charge in [0.25, 0.3) is 11.8 Å². The highest BCUT2D eigenvalue weighted by atomic mass is 19.1. The number of piperidine rings is 1. The molecule has 1 atom stereocenters. The van der Waals surface area contributed by atoms with Crippen LogP contribution in [0.5, 0.6) is 0 Å². The number of nitrogens with one attached hydrogen (secondary N) is 2. The first kappa shape index (κ1) is 23.4. The molecular weight excluding hydrogens is 409 g/mol. The summed E-state index contributed by atoms with van der Waals surface area (Å²) in [5, 5.41) is 5.81. The van der Waals surface area contributed by atoms with Gasteiger partial charge >= 0.3 is 0 Å². The normalized spacial score (nSPS) is 15.2. The molecule has 3 amide bonds. The van der Waals surface area contributed by atoms with Gasteiger partial charge < -0.3 is 15.5 Å². The van der Waals surface area contributed by atoms with Crippen molar-refractivity contribution in [2.45, 2.75) is 39.2 Å². The molecule has 1 saturated heterocycles. The van der Waals surface area contributed by atoms with Crippen LogP contribution in [0.3, 0.4) is 0 Å². The molecule has 2 aromatic carbocycles. The minimum atomic E-state index is -0.695. The number of likely N-dealkylation sites (tertiary alicyclic amines) is 1. The van der Waals surface area contributed by atoms with Crippen molar-refractivity contribution in [1.82, 2.24) is 15.5 Å². The smallest absolute Gasteiger partial charge is 0.256 e. The van der Waals surface area contributed by atoms with Crippen molar-refractivity contribution in [2.24, 2.45) is 5.92 Å². The first-order chi connectivity index (χ1) is 15.4. The molecule has 1 heterocycles. The third-order valence-electron chi connectivity index (χ3n) is 5.91. The number of rotatable bonds is 7. The van der Waals surface area contributed by atoms with E-state index in [-0.39, 0.29) is 29.2 Å². The van der Waals surface area contributed by atoms with Crippen molar-refractivity contribution >= 4 is 17.7 Å². The maximum atomic E-state index is 14.0. The van der Waals surface area contributed by atoms with E-state index in [0.29, 0.717) is 38.0 Å². The van der Waals surface area contributed by atoms with Crippen LogP contribution < -0.4 is 10.6 Å². The molecule has 7 heteroatoms. The molecule has 1 aliphatic rings. The van der Waals surface area contributed by atoms with Crippen molar-refractivity contribution in [1.29, 1.82) is 0 Å². The maximum absolute atomic E-state index is 14.0. The van der Waals surface area contributed by atoms with Crippen molar-refractivity contribution in [2.75, 3.05) is 19.6 Å². The Labute approximate surface area is 188 Å². The molecule has 0 unspecified atom stereocenters. The number of hydrogen-bond acceptors (Lipinski definition) is 3. The maximum Gasteiger partial charge on any atom is 0.256 e. The Bertz CT molecular complexity index is 970. The van der Waals surface area contributed by atoms with Crippen molar-refractivity contribution in [3.05, 3.63) is 71.0 Å². The standard InChI is InChI=1S/C25H30FN3O3/c1-3-14-27-24(31)22(28-23(30)19-9-5-4-8-17(19)2)18-12-15-29(16-13-18)25(32)20-10-6-7-11-21(20)26/h4-11,18,22H,3,12-16H2,1-2H3,(H,27,31)(H,28,30)/t22-/m1/s1. The fourth-order valence-electron chi connectivity index (χ4n) is 4.04. The van der Waals surface area contributed by atoms with Crippen molar-refractivity contribution in [3.8, 4) is 0 Å². The zero-order valence-electron chi connectivity index (χ0n) is 18.6. The van der Waals surface area contributed by atoms with Gasteiger partial charge in [-0.25, -0.2) is 4.39 Å². The minimum absolute atomic E-state index is 0.0519. The molecule has 0 saturated carbocycles. The Morgan fingerprint density at radius 1 is 1.03 bits per heavy atom. The average Bonchev–Trinajstić information content (AvgIpc) is 2.81. The van der Waals surface area contributed by atoms with E-state index < -0.39 is 11.9 Å². The summed E-state index contributed by atoms with van der Waals surface area (Å²) in [6.45, 7) is 5.15. The Morgan fingerprint density at radius 2 is 1.66 bits per heavy atom. The number of hydrogen-bond donors (Lipinski definition) is 2. The summed E-state index contributed by atoms with van der Waals surface area (Å²) in [6.07, 6.45) is 1.87. The number of carbonyl (C=O) groups is 3. The predicted molar refractivity (Wildman–Crippen MR) is 121 cm³/mol. The molecule has 6 nitrogen and oxygen atoms in total. The molecule has 0 bridgehead atoms. The Hall–Kier alpha value is -3.22. The van der Waals surface area contributed by atoms with E-state index in [9.17, 15) is 18.8 Å². The lowest BCUT2D eigenvalue weighted by Crippen LogP contribution is -2.54. The average molecular weight is 440 g/mol. The van der Waals surface area contributed by atoms with Crippen LogP contribution in [0.25, 0.3) is 0 Å². The zero-order chi connectivity index (χ0) is 23.1. The van der Waals surface area contributed by atoms with Crippen LogP contribution >= 0.6 is 0 Å². The largest absolute Gasteiger partial charge is 0.354 e. The molecule has 2 aromatic rings. The van der Waals surface area contributed by atoms with E-state index in [1.807, 2.05) is 26.0 Å². The van der Waals surface area contributed by atoms with Gasteiger partial charge in [0.15, 0.2) is 0 Å². The van der Waals surface area contributed by atoms with E-state index in [2.05, 4.69) is 10.6 Å². The second-order valence-electron chi connectivity index (χ2n) is 8.17. The molecule has 1 aliphatic heterocycles. The fraction of sp³-hybridized carbons (Fsp3) is 0.400. The molecule has 170 valence electrons. The molecule has 0 aromatic heterocycles. The van der Waals surface area contributed by atoms with E-state index in [0.717, 1.165) is 12.0 Å². The molecule has 3 rings (SSSR count). The van der Waals surface area contributed by atoms with Crippen molar-refractivity contribution < 1.29 is 18.8 Å². The van der Waals surface area contributed by atoms with Crippen LogP contribution in [0.2, 0.25) is 0 Å². The van der Waals surface area contributed by atoms with E-state index >= 15 is 0 Å². The number of halogens is 1. The van der Waals surface area contributed by atoms with Gasteiger partial charge in [-0.15, -0.1) is 0 Å². The topological polar surface area (TPSA) is 78.5 Å². The summed E-state index contributed by atoms with van der Waals surface area (Å²) in [5.41, 5.74) is 1.42. The summed E-state index contributed by atoms with van der Waals surface area (Å²) in [5.74, 6) is -1.51. The lowest BCUT2D eigenvalue weighted by Gasteiger charge is -2.36. The molecule has 0 aliphatic carbocycles.